The van der Waals surface area contributed by atoms with Gasteiger partial charge in [-0.1, -0.05) is 46.9 Å². The maximum absolute atomic E-state index is 6.18. The molecule has 2 nitrogen and oxygen atoms in total. The highest BCUT2D eigenvalue weighted by molar-refractivity contribution is 6.34. The van der Waals surface area contributed by atoms with Crippen LogP contribution in [0.15, 0.2) is 36.5 Å². The van der Waals surface area contributed by atoms with Gasteiger partial charge in [-0.3, -0.25) is 4.90 Å². The van der Waals surface area contributed by atoms with E-state index in [9.17, 15) is 0 Å². The smallest absolute Gasteiger partial charge is 0.130 e. The Balaban J connectivity index is 2.13. The van der Waals surface area contributed by atoms with Crippen molar-refractivity contribution in [3.63, 3.8) is 0 Å². The Kier molecular flexibility index (Phi) is 5.28. The molecule has 0 fully saturated rings. The summed E-state index contributed by atoms with van der Waals surface area (Å²) in [5.41, 5.74) is 2.12. The number of nitrogens with zero attached hydrogens (tertiary/aromatic N) is 2. The van der Waals surface area contributed by atoms with Gasteiger partial charge in [-0.15, -0.1) is 0 Å². The fraction of sp³-hybridized carbons (Fsp3) is 0.267. The van der Waals surface area contributed by atoms with Gasteiger partial charge in [0.15, 0.2) is 0 Å². The van der Waals surface area contributed by atoms with Gasteiger partial charge in [0, 0.05) is 34.4 Å². The van der Waals surface area contributed by atoms with Gasteiger partial charge in [0.05, 0.1) is 0 Å². The SMILES string of the molecule is CC(c1cccc(Cl)c1)N(C)Cc1cnc(Cl)cc1Cl. The van der Waals surface area contributed by atoms with Crippen LogP contribution in [-0.4, -0.2) is 16.9 Å². The van der Waals surface area contributed by atoms with Crippen LogP contribution in [0.4, 0.5) is 0 Å². The number of hydrogen-bond acceptors (Lipinski definition) is 2. The summed E-state index contributed by atoms with van der Waals surface area (Å²) >= 11 is 18.0. The van der Waals surface area contributed by atoms with Crippen molar-refractivity contribution in [3.05, 3.63) is 62.9 Å². The Hall–Kier alpha value is -0.800. The average molecular weight is 330 g/mol. The van der Waals surface area contributed by atoms with Gasteiger partial charge in [-0.2, -0.15) is 0 Å². The summed E-state index contributed by atoms with van der Waals surface area (Å²) in [6.45, 7) is 2.82. The van der Waals surface area contributed by atoms with Crippen LogP contribution in [-0.2, 0) is 6.54 Å². The number of hydrogen-bond donors (Lipinski definition) is 0. The van der Waals surface area contributed by atoms with Gasteiger partial charge in [0.25, 0.3) is 0 Å². The van der Waals surface area contributed by atoms with E-state index in [4.69, 9.17) is 34.8 Å². The van der Waals surface area contributed by atoms with E-state index in [-0.39, 0.29) is 6.04 Å². The number of rotatable bonds is 4. The first-order valence-electron chi connectivity index (χ1n) is 6.23. The maximum atomic E-state index is 6.18. The van der Waals surface area contributed by atoms with Crippen molar-refractivity contribution in [3.8, 4) is 0 Å². The van der Waals surface area contributed by atoms with Gasteiger partial charge >= 0.3 is 0 Å². The van der Waals surface area contributed by atoms with Crippen molar-refractivity contribution in [1.29, 1.82) is 0 Å². The maximum Gasteiger partial charge on any atom is 0.130 e. The Morgan fingerprint density at radius 1 is 1.20 bits per heavy atom. The van der Waals surface area contributed by atoms with E-state index in [2.05, 4.69) is 22.9 Å². The van der Waals surface area contributed by atoms with E-state index < -0.39 is 0 Å². The molecule has 1 aromatic carbocycles. The second-order valence-corrected chi connectivity index (χ2v) is 5.98. The summed E-state index contributed by atoms with van der Waals surface area (Å²) in [7, 11) is 2.04. The minimum absolute atomic E-state index is 0.223. The molecule has 5 heteroatoms. The van der Waals surface area contributed by atoms with Crippen LogP contribution in [0.2, 0.25) is 15.2 Å². The number of benzene rings is 1. The molecule has 0 aliphatic heterocycles. The standard InChI is InChI=1S/C15H15Cl3N2/c1-10(11-4-3-5-13(16)6-11)20(2)9-12-8-19-15(18)7-14(12)17/h3-8,10H,9H2,1-2H3. The third-order valence-electron chi connectivity index (χ3n) is 3.31. The van der Waals surface area contributed by atoms with E-state index in [0.717, 1.165) is 16.1 Å². The normalized spacial score (nSPS) is 12.7. The van der Waals surface area contributed by atoms with E-state index in [1.54, 1.807) is 12.3 Å². The number of halogens is 3. The van der Waals surface area contributed by atoms with Crippen LogP contribution in [0.5, 0.6) is 0 Å². The third-order valence-corrected chi connectivity index (χ3v) is 4.10. The molecule has 0 aliphatic carbocycles. The van der Waals surface area contributed by atoms with Gasteiger partial charge < -0.3 is 0 Å². The molecular formula is C15H15Cl3N2. The van der Waals surface area contributed by atoms with E-state index >= 15 is 0 Å². The fourth-order valence-electron chi connectivity index (χ4n) is 1.98. The zero-order valence-electron chi connectivity index (χ0n) is 11.3. The topological polar surface area (TPSA) is 16.1 Å². The van der Waals surface area contributed by atoms with Gasteiger partial charge in [0.2, 0.25) is 0 Å². The molecule has 0 saturated heterocycles. The molecule has 2 rings (SSSR count). The van der Waals surface area contributed by atoms with Crippen LogP contribution >= 0.6 is 34.8 Å². The molecule has 0 radical (unpaired) electrons. The van der Waals surface area contributed by atoms with E-state index in [1.165, 1.54) is 0 Å². The van der Waals surface area contributed by atoms with Crippen LogP contribution in [0.1, 0.15) is 24.1 Å². The molecule has 0 saturated carbocycles. The fourth-order valence-corrected chi connectivity index (χ4v) is 2.60. The first kappa shape index (κ1) is 15.6. The average Bonchev–Trinajstić information content (AvgIpc) is 2.41. The predicted octanol–water partition coefficient (Wildman–Crippen LogP) is 5.23. The second-order valence-electron chi connectivity index (χ2n) is 4.74. The summed E-state index contributed by atoms with van der Waals surface area (Å²) in [5.74, 6) is 0. The molecule has 0 N–H and O–H groups in total. The Morgan fingerprint density at radius 2 is 1.95 bits per heavy atom. The molecule has 0 amide bonds. The molecule has 1 atom stereocenters. The van der Waals surface area contributed by atoms with E-state index in [0.29, 0.717) is 16.7 Å². The van der Waals surface area contributed by atoms with Crippen LogP contribution < -0.4 is 0 Å². The molecule has 0 spiro atoms. The molecule has 1 unspecified atom stereocenters. The van der Waals surface area contributed by atoms with Crippen molar-refractivity contribution >= 4 is 34.8 Å². The molecular weight excluding hydrogens is 315 g/mol. The van der Waals surface area contributed by atoms with Crippen LogP contribution in [0, 0.1) is 0 Å². The third kappa shape index (κ3) is 3.86. The van der Waals surface area contributed by atoms with Crippen LogP contribution in [0.3, 0.4) is 0 Å². The first-order chi connectivity index (χ1) is 9.47. The summed E-state index contributed by atoms with van der Waals surface area (Å²) in [5, 5.41) is 1.79. The highest BCUT2D eigenvalue weighted by Crippen LogP contribution is 2.26. The quantitative estimate of drug-likeness (QED) is 0.714. The molecule has 106 valence electrons. The Morgan fingerprint density at radius 3 is 2.60 bits per heavy atom. The highest BCUT2D eigenvalue weighted by atomic mass is 35.5. The van der Waals surface area contributed by atoms with Crippen molar-refractivity contribution in [2.24, 2.45) is 0 Å². The lowest BCUT2D eigenvalue weighted by Gasteiger charge is -2.25. The summed E-state index contributed by atoms with van der Waals surface area (Å²) in [4.78, 5) is 6.26. The van der Waals surface area contributed by atoms with Crippen molar-refractivity contribution in [1.82, 2.24) is 9.88 Å². The molecule has 0 bridgehead atoms. The molecule has 1 aromatic heterocycles. The zero-order chi connectivity index (χ0) is 14.7. The van der Waals surface area contributed by atoms with Gasteiger partial charge in [0.1, 0.15) is 5.15 Å². The zero-order valence-corrected chi connectivity index (χ0v) is 13.5. The van der Waals surface area contributed by atoms with E-state index in [1.807, 2.05) is 25.2 Å². The summed E-state index contributed by atoms with van der Waals surface area (Å²) < 4.78 is 0. The first-order valence-corrected chi connectivity index (χ1v) is 7.36. The predicted molar refractivity (Wildman–Crippen MR) is 85.6 cm³/mol. The molecule has 1 heterocycles. The largest absolute Gasteiger partial charge is 0.295 e. The lowest BCUT2D eigenvalue weighted by atomic mass is 10.1. The van der Waals surface area contributed by atoms with Gasteiger partial charge in [-0.25, -0.2) is 4.98 Å². The lowest BCUT2D eigenvalue weighted by Crippen LogP contribution is -2.22. The van der Waals surface area contributed by atoms with Crippen LogP contribution in [0.25, 0.3) is 0 Å². The highest BCUT2D eigenvalue weighted by Gasteiger charge is 2.14. The van der Waals surface area contributed by atoms with Crippen molar-refractivity contribution in [2.75, 3.05) is 7.05 Å². The Labute approximate surface area is 134 Å². The second kappa shape index (κ2) is 6.77. The monoisotopic (exact) mass is 328 g/mol. The minimum atomic E-state index is 0.223. The molecule has 0 aliphatic rings. The molecule has 20 heavy (non-hydrogen) atoms. The molecule has 2 aromatic rings. The number of pyridine rings is 1. The Bertz CT molecular complexity index is 601. The summed E-state index contributed by atoms with van der Waals surface area (Å²) in [6.07, 6.45) is 1.71. The lowest BCUT2D eigenvalue weighted by molar-refractivity contribution is 0.253. The van der Waals surface area contributed by atoms with Crippen molar-refractivity contribution < 1.29 is 0 Å². The van der Waals surface area contributed by atoms with Crippen molar-refractivity contribution in [2.45, 2.75) is 19.5 Å². The van der Waals surface area contributed by atoms with Gasteiger partial charge in [-0.05, 0) is 37.7 Å². The number of aromatic nitrogens is 1. The summed E-state index contributed by atoms with van der Waals surface area (Å²) in [6, 6.07) is 9.76. The minimum Gasteiger partial charge on any atom is -0.295 e.